The van der Waals surface area contributed by atoms with Gasteiger partial charge in [-0.2, -0.15) is 0 Å². The number of rotatable bonds is 13. The van der Waals surface area contributed by atoms with Crippen LogP contribution >= 0.6 is 0 Å². The number of hydrogen-bond donors (Lipinski definition) is 2. The Labute approximate surface area is 108 Å². The fraction of sp³-hybridized carbons (Fsp3) is 1.00. The fourth-order valence-electron chi connectivity index (χ4n) is 2.19. The summed E-state index contributed by atoms with van der Waals surface area (Å²) in [6, 6.07) is 0. The zero-order valence-corrected chi connectivity index (χ0v) is 11.8. The molecule has 0 aliphatic carbocycles. The number of aliphatic hydroxyl groups is 1. The van der Waals surface area contributed by atoms with Crippen LogP contribution in [0.1, 0.15) is 84.0 Å². The van der Waals surface area contributed by atoms with E-state index in [1.165, 1.54) is 57.8 Å². The van der Waals surface area contributed by atoms with E-state index in [2.05, 4.69) is 6.92 Å². The Morgan fingerprint density at radius 2 is 1.24 bits per heavy atom. The minimum absolute atomic E-state index is 0.108. The Hall–Kier alpha value is -0.0800. The van der Waals surface area contributed by atoms with Crippen molar-refractivity contribution in [1.82, 2.24) is 0 Å². The molecule has 1 atom stereocenters. The molecule has 1 unspecified atom stereocenters. The molecule has 0 fully saturated rings. The van der Waals surface area contributed by atoms with E-state index in [9.17, 15) is 5.11 Å². The van der Waals surface area contributed by atoms with E-state index < -0.39 is 0 Å². The molecule has 0 aromatic rings. The average Bonchev–Trinajstić information content (AvgIpc) is 2.34. The van der Waals surface area contributed by atoms with Crippen molar-refractivity contribution >= 4 is 0 Å². The predicted molar refractivity (Wildman–Crippen MR) is 76.1 cm³/mol. The standard InChI is InChI=1S/C15H33NO/c1-2-3-4-5-6-7-8-9-10-12-15(17)13-11-14-16/h15,17H,2-14,16H2,1H3. The van der Waals surface area contributed by atoms with Gasteiger partial charge in [-0.15, -0.1) is 0 Å². The Bertz CT molecular complexity index is 139. The van der Waals surface area contributed by atoms with E-state index in [1.54, 1.807) is 0 Å². The lowest BCUT2D eigenvalue weighted by Crippen LogP contribution is -2.09. The molecule has 3 N–H and O–H groups in total. The molecule has 0 aromatic carbocycles. The van der Waals surface area contributed by atoms with Crippen LogP contribution in [0, 0.1) is 0 Å². The summed E-state index contributed by atoms with van der Waals surface area (Å²) in [5.41, 5.74) is 5.41. The van der Waals surface area contributed by atoms with Gasteiger partial charge < -0.3 is 10.8 Å². The summed E-state index contributed by atoms with van der Waals surface area (Å²) in [6.07, 6.45) is 14.8. The largest absolute Gasteiger partial charge is 0.393 e. The number of hydrogen-bond acceptors (Lipinski definition) is 2. The van der Waals surface area contributed by atoms with Gasteiger partial charge in [-0.3, -0.25) is 0 Å². The molecule has 0 saturated heterocycles. The summed E-state index contributed by atoms with van der Waals surface area (Å²) >= 11 is 0. The Morgan fingerprint density at radius 3 is 1.76 bits per heavy atom. The molecule has 0 aliphatic heterocycles. The molecule has 0 amide bonds. The lowest BCUT2D eigenvalue weighted by Gasteiger charge is -2.09. The van der Waals surface area contributed by atoms with Crippen molar-refractivity contribution in [1.29, 1.82) is 0 Å². The predicted octanol–water partition coefficient (Wildman–Crippen LogP) is 4.01. The second kappa shape index (κ2) is 14.0. The van der Waals surface area contributed by atoms with Crippen molar-refractivity contribution in [3.8, 4) is 0 Å². The lowest BCUT2D eigenvalue weighted by molar-refractivity contribution is 0.149. The molecule has 104 valence electrons. The van der Waals surface area contributed by atoms with Gasteiger partial charge in [-0.05, 0) is 25.8 Å². The van der Waals surface area contributed by atoms with Crippen LogP contribution in [-0.4, -0.2) is 17.8 Å². The zero-order valence-electron chi connectivity index (χ0n) is 11.8. The SMILES string of the molecule is CCCCCCCCCCCC(O)CCCN. The minimum Gasteiger partial charge on any atom is -0.393 e. The number of aliphatic hydroxyl groups excluding tert-OH is 1. The van der Waals surface area contributed by atoms with Gasteiger partial charge >= 0.3 is 0 Å². The van der Waals surface area contributed by atoms with Crippen LogP contribution in [0.2, 0.25) is 0 Å². The van der Waals surface area contributed by atoms with Crippen molar-refractivity contribution in [2.24, 2.45) is 5.73 Å². The van der Waals surface area contributed by atoms with Crippen molar-refractivity contribution in [3.63, 3.8) is 0 Å². The Morgan fingerprint density at radius 1 is 0.765 bits per heavy atom. The second-order valence-corrected chi connectivity index (χ2v) is 5.20. The summed E-state index contributed by atoms with van der Waals surface area (Å²) < 4.78 is 0. The molecule has 0 aromatic heterocycles. The second-order valence-electron chi connectivity index (χ2n) is 5.20. The maximum absolute atomic E-state index is 9.62. The number of nitrogens with two attached hydrogens (primary N) is 1. The molecular formula is C15H33NO. The van der Waals surface area contributed by atoms with Gasteiger partial charge in [0.15, 0.2) is 0 Å². The van der Waals surface area contributed by atoms with Crippen LogP contribution in [-0.2, 0) is 0 Å². The topological polar surface area (TPSA) is 46.2 Å². The fourth-order valence-corrected chi connectivity index (χ4v) is 2.19. The lowest BCUT2D eigenvalue weighted by atomic mass is 10.0. The average molecular weight is 243 g/mol. The summed E-state index contributed by atoms with van der Waals surface area (Å²) in [6.45, 7) is 2.96. The van der Waals surface area contributed by atoms with Crippen LogP contribution < -0.4 is 5.73 Å². The van der Waals surface area contributed by atoms with Crippen molar-refractivity contribution in [2.45, 2.75) is 90.1 Å². The minimum atomic E-state index is -0.108. The third kappa shape index (κ3) is 13.9. The maximum atomic E-state index is 9.62. The van der Waals surface area contributed by atoms with E-state index in [-0.39, 0.29) is 6.10 Å². The summed E-state index contributed by atoms with van der Waals surface area (Å²) in [5.74, 6) is 0. The summed E-state index contributed by atoms with van der Waals surface area (Å²) in [5, 5.41) is 9.62. The third-order valence-corrected chi connectivity index (χ3v) is 3.38. The molecule has 0 rings (SSSR count). The molecular weight excluding hydrogens is 210 g/mol. The molecule has 2 nitrogen and oxygen atoms in total. The van der Waals surface area contributed by atoms with Gasteiger partial charge in [0.2, 0.25) is 0 Å². The molecule has 0 radical (unpaired) electrons. The molecule has 0 saturated carbocycles. The first-order valence-electron chi connectivity index (χ1n) is 7.69. The van der Waals surface area contributed by atoms with Crippen LogP contribution in [0.4, 0.5) is 0 Å². The van der Waals surface area contributed by atoms with Crippen LogP contribution in [0.25, 0.3) is 0 Å². The van der Waals surface area contributed by atoms with Gasteiger partial charge in [0.05, 0.1) is 6.10 Å². The zero-order chi connectivity index (χ0) is 12.8. The smallest absolute Gasteiger partial charge is 0.0540 e. The van der Waals surface area contributed by atoms with E-state index in [0.29, 0.717) is 6.54 Å². The molecule has 0 spiro atoms. The highest BCUT2D eigenvalue weighted by Gasteiger charge is 2.02. The summed E-state index contributed by atoms with van der Waals surface area (Å²) in [7, 11) is 0. The molecule has 0 bridgehead atoms. The van der Waals surface area contributed by atoms with Gasteiger partial charge in [0.1, 0.15) is 0 Å². The molecule has 2 heteroatoms. The van der Waals surface area contributed by atoms with Crippen LogP contribution in [0.5, 0.6) is 0 Å². The van der Waals surface area contributed by atoms with Gasteiger partial charge in [0.25, 0.3) is 0 Å². The van der Waals surface area contributed by atoms with Crippen LogP contribution in [0.3, 0.4) is 0 Å². The van der Waals surface area contributed by atoms with Gasteiger partial charge in [-0.1, -0.05) is 64.7 Å². The van der Waals surface area contributed by atoms with Crippen LogP contribution in [0.15, 0.2) is 0 Å². The van der Waals surface area contributed by atoms with Crippen molar-refractivity contribution in [2.75, 3.05) is 6.54 Å². The van der Waals surface area contributed by atoms with E-state index in [0.717, 1.165) is 19.3 Å². The summed E-state index contributed by atoms with van der Waals surface area (Å²) in [4.78, 5) is 0. The Kier molecular flexibility index (Phi) is 13.9. The monoisotopic (exact) mass is 243 g/mol. The molecule has 17 heavy (non-hydrogen) atoms. The first-order chi connectivity index (χ1) is 8.31. The molecule has 0 heterocycles. The highest BCUT2D eigenvalue weighted by atomic mass is 16.3. The van der Waals surface area contributed by atoms with Crippen molar-refractivity contribution in [3.05, 3.63) is 0 Å². The first-order valence-corrected chi connectivity index (χ1v) is 7.69. The highest BCUT2D eigenvalue weighted by Crippen LogP contribution is 2.12. The third-order valence-electron chi connectivity index (χ3n) is 3.38. The number of unbranched alkanes of at least 4 members (excludes halogenated alkanes) is 8. The van der Waals surface area contributed by atoms with Gasteiger partial charge in [-0.25, -0.2) is 0 Å². The maximum Gasteiger partial charge on any atom is 0.0540 e. The quantitative estimate of drug-likeness (QED) is 0.480. The van der Waals surface area contributed by atoms with E-state index in [1.807, 2.05) is 0 Å². The van der Waals surface area contributed by atoms with Gasteiger partial charge in [0, 0.05) is 0 Å². The van der Waals surface area contributed by atoms with E-state index >= 15 is 0 Å². The van der Waals surface area contributed by atoms with Crippen molar-refractivity contribution < 1.29 is 5.11 Å². The highest BCUT2D eigenvalue weighted by molar-refractivity contribution is 4.57. The molecule has 0 aliphatic rings. The van der Waals surface area contributed by atoms with E-state index in [4.69, 9.17) is 5.73 Å². The Balaban J connectivity index is 3.02. The normalized spacial score (nSPS) is 12.9. The first kappa shape index (κ1) is 16.9.